The van der Waals surface area contributed by atoms with Gasteiger partial charge in [-0.3, -0.25) is 19.2 Å². The van der Waals surface area contributed by atoms with Crippen molar-refractivity contribution in [1.82, 2.24) is 0 Å². The predicted octanol–water partition coefficient (Wildman–Crippen LogP) is 7.30. The monoisotopic (exact) mass is 749 g/mol. The van der Waals surface area contributed by atoms with Crippen molar-refractivity contribution in [3.63, 3.8) is 0 Å². The zero-order valence-electron chi connectivity index (χ0n) is 23.6. The lowest BCUT2D eigenvalue weighted by Crippen LogP contribution is -2.39. The van der Waals surface area contributed by atoms with Gasteiger partial charge in [0.1, 0.15) is 11.5 Å². The third kappa shape index (κ3) is 5.60. The maximum atomic E-state index is 14.0. The highest BCUT2D eigenvalue weighted by Crippen LogP contribution is 2.57. The number of imide groups is 1. The van der Waals surface area contributed by atoms with Gasteiger partial charge in [0, 0.05) is 28.7 Å². The number of amides is 2. The minimum Gasteiger partial charge on any atom is -0.508 e. The van der Waals surface area contributed by atoms with Crippen LogP contribution >= 0.6 is 15.9 Å². The van der Waals surface area contributed by atoms with Crippen LogP contribution in [0, 0.1) is 17.8 Å². The minimum atomic E-state index is -5.29. The molecule has 2 amide bonds. The summed E-state index contributed by atoms with van der Waals surface area (Å²) in [6, 6.07) is 2.73. The van der Waals surface area contributed by atoms with Gasteiger partial charge in [-0.1, -0.05) is 11.6 Å². The molecular formula is C31H17BrF9NO6. The zero-order valence-corrected chi connectivity index (χ0v) is 25.1. The molecule has 1 saturated heterocycles. The number of nitrogens with zero attached hydrogens (tertiary/aromatic N) is 1. The number of halogens is 10. The van der Waals surface area contributed by atoms with E-state index in [9.17, 15) is 63.8 Å². The van der Waals surface area contributed by atoms with Crippen molar-refractivity contribution in [2.75, 3.05) is 4.90 Å². The van der Waals surface area contributed by atoms with Crippen LogP contribution in [0.3, 0.4) is 0 Å². The number of hydrogen-bond donors (Lipinski definition) is 1. The summed E-state index contributed by atoms with van der Waals surface area (Å²) in [6.45, 7) is 0. The van der Waals surface area contributed by atoms with Gasteiger partial charge in [-0.25, -0.2) is 4.90 Å². The molecule has 17 heteroatoms. The van der Waals surface area contributed by atoms with E-state index in [0.29, 0.717) is 0 Å². The van der Waals surface area contributed by atoms with Gasteiger partial charge in [0.2, 0.25) is 11.8 Å². The predicted molar refractivity (Wildman–Crippen MR) is 148 cm³/mol. The Balaban J connectivity index is 1.49. The summed E-state index contributed by atoms with van der Waals surface area (Å²) in [5, 5.41) is 10.8. The molecule has 1 N–H and O–H groups in total. The van der Waals surface area contributed by atoms with E-state index in [1.165, 1.54) is 6.08 Å². The molecule has 1 aliphatic heterocycles. The molecule has 0 radical (unpaired) electrons. The fraction of sp³-hybridized carbons (Fsp3) is 0.290. The molecule has 1 fully saturated rings. The van der Waals surface area contributed by atoms with E-state index in [-0.39, 0.29) is 56.3 Å². The van der Waals surface area contributed by atoms with Gasteiger partial charge in [-0.15, -0.1) is 13.2 Å². The fourth-order valence-electron chi connectivity index (χ4n) is 6.85. The number of Topliss-reactive ketones (excluding diaryl/α,β-unsaturated/α-hetero) is 1. The summed E-state index contributed by atoms with van der Waals surface area (Å²) in [7, 11) is 0. The number of ketones is 2. The van der Waals surface area contributed by atoms with Crippen LogP contribution in [-0.2, 0) is 31.5 Å². The Kier molecular flexibility index (Phi) is 7.72. The van der Waals surface area contributed by atoms with E-state index >= 15 is 0 Å². The van der Waals surface area contributed by atoms with Gasteiger partial charge in [0.25, 0.3) is 0 Å². The lowest BCUT2D eigenvalue weighted by atomic mass is 9.59. The second-order valence-corrected chi connectivity index (χ2v) is 12.3. The summed E-state index contributed by atoms with van der Waals surface area (Å²) < 4.78 is 125. The maximum absolute atomic E-state index is 14.0. The number of alkyl halides is 9. The molecule has 3 aliphatic carbocycles. The first-order valence-corrected chi connectivity index (χ1v) is 14.6. The highest BCUT2D eigenvalue weighted by molar-refractivity contribution is 9.12. The van der Waals surface area contributed by atoms with Crippen LogP contribution in [0.4, 0.5) is 45.2 Å². The van der Waals surface area contributed by atoms with Gasteiger partial charge in [-0.2, -0.15) is 26.3 Å². The average Bonchev–Trinajstić information content (AvgIpc) is 3.23. The quantitative estimate of drug-likeness (QED) is 0.153. The Bertz CT molecular complexity index is 1870. The smallest absolute Gasteiger partial charge is 0.508 e. The van der Waals surface area contributed by atoms with Crippen LogP contribution in [0.25, 0.3) is 0 Å². The summed E-state index contributed by atoms with van der Waals surface area (Å²) in [4.78, 5) is 54.4. The highest BCUT2D eigenvalue weighted by atomic mass is 79.9. The molecule has 4 unspecified atom stereocenters. The van der Waals surface area contributed by atoms with Crippen molar-refractivity contribution in [3.05, 3.63) is 86.4 Å². The van der Waals surface area contributed by atoms with Crippen LogP contribution in [0.15, 0.2) is 69.8 Å². The van der Waals surface area contributed by atoms with E-state index in [0.717, 1.165) is 24.3 Å². The molecule has 0 bridgehead atoms. The van der Waals surface area contributed by atoms with E-state index < -0.39 is 101 Å². The number of benzene rings is 2. The molecule has 0 spiro atoms. The van der Waals surface area contributed by atoms with Crippen molar-refractivity contribution in [1.29, 1.82) is 0 Å². The molecule has 0 aromatic heterocycles. The second kappa shape index (κ2) is 11.1. The van der Waals surface area contributed by atoms with Crippen molar-refractivity contribution < 1.29 is 68.5 Å². The minimum absolute atomic E-state index is 0.130. The van der Waals surface area contributed by atoms with Gasteiger partial charge in [0.05, 0.1) is 33.1 Å². The second-order valence-electron chi connectivity index (χ2n) is 11.4. The van der Waals surface area contributed by atoms with Crippen molar-refractivity contribution >= 4 is 45.0 Å². The molecule has 6 rings (SSSR count). The summed E-state index contributed by atoms with van der Waals surface area (Å²) in [5.41, 5.74) is -5.16. The van der Waals surface area contributed by atoms with Crippen LogP contribution in [0.5, 0.6) is 11.5 Å². The van der Waals surface area contributed by atoms with Gasteiger partial charge in [0.15, 0.2) is 11.6 Å². The maximum Gasteiger partial charge on any atom is 0.573 e. The molecule has 0 saturated carbocycles. The third-order valence-corrected chi connectivity index (χ3v) is 9.29. The number of allylic oxidation sites excluding steroid dienone is 6. The number of phenols is 1. The molecule has 4 atom stereocenters. The largest absolute Gasteiger partial charge is 0.573 e. The Labute approximate surface area is 271 Å². The molecule has 2 aromatic rings. The van der Waals surface area contributed by atoms with E-state index in [1.54, 1.807) is 0 Å². The molecule has 1 heterocycles. The Morgan fingerprint density at radius 3 is 2.04 bits per heavy atom. The normalized spacial score (nSPS) is 24.7. The zero-order chi connectivity index (χ0) is 35.2. The number of phenolic OH excluding ortho intramolecular Hbond substituents is 1. The number of carbonyl (C=O) groups is 4. The van der Waals surface area contributed by atoms with Gasteiger partial charge in [-0.05, 0) is 71.1 Å². The number of carbonyl (C=O) groups excluding carboxylic acids is 4. The number of anilines is 1. The number of hydrogen-bond acceptors (Lipinski definition) is 6. The molecule has 252 valence electrons. The molecule has 7 nitrogen and oxygen atoms in total. The van der Waals surface area contributed by atoms with Crippen LogP contribution in [0.2, 0.25) is 0 Å². The van der Waals surface area contributed by atoms with Gasteiger partial charge < -0.3 is 9.84 Å². The Hall–Kier alpha value is -4.41. The van der Waals surface area contributed by atoms with Crippen molar-refractivity contribution in [2.24, 2.45) is 17.8 Å². The number of ether oxygens (including phenoxy) is 1. The van der Waals surface area contributed by atoms with Crippen LogP contribution in [-0.4, -0.2) is 34.8 Å². The first kappa shape index (κ1) is 33.5. The lowest BCUT2D eigenvalue weighted by molar-refractivity contribution is -0.274. The van der Waals surface area contributed by atoms with E-state index in [1.807, 2.05) is 0 Å². The van der Waals surface area contributed by atoms with E-state index in [4.69, 9.17) is 0 Å². The highest BCUT2D eigenvalue weighted by Gasteiger charge is 2.57. The average molecular weight is 750 g/mol. The first-order chi connectivity index (χ1) is 22.2. The fourth-order valence-corrected chi connectivity index (χ4v) is 7.29. The molecular weight excluding hydrogens is 733 g/mol. The Morgan fingerprint density at radius 2 is 1.46 bits per heavy atom. The molecule has 4 aliphatic rings. The number of aromatic hydroxyl groups is 1. The summed E-state index contributed by atoms with van der Waals surface area (Å²) in [6.07, 6.45) is -14.1. The standard InChI is InChI=1S/C31H17BrF9NO6/c32-20-10-22(44)25-19(26(20)45)9-17-15(23(25)18-8-14(1-4-21(18)43)48-31(39,40)41)2-3-16-24(17)28(47)42(27(16)46)13-6-11(29(33,34)35)5-12(7-13)30(36,37)38/h1-2,4-8,10,16-17,23-24,43H,3,9H2. The van der Waals surface area contributed by atoms with Crippen molar-refractivity contribution in [3.8, 4) is 11.5 Å². The number of fused-ring (bicyclic) bond motifs is 3. The SMILES string of the molecule is O=C1C=C(Br)C(=O)C2=C1C(c1cc(OC(F)(F)F)ccc1O)C1=CCC3C(=O)N(c4cc(C(F)(F)F)cc(C(F)(F)F)c4)C(=O)C3C1C2. The summed E-state index contributed by atoms with van der Waals surface area (Å²) in [5.74, 6) is -10.7. The summed E-state index contributed by atoms with van der Waals surface area (Å²) >= 11 is 2.98. The topological polar surface area (TPSA) is 101 Å². The van der Waals surface area contributed by atoms with Crippen LogP contribution in [0.1, 0.15) is 35.4 Å². The molecule has 2 aromatic carbocycles. The molecule has 48 heavy (non-hydrogen) atoms. The van der Waals surface area contributed by atoms with Crippen LogP contribution < -0.4 is 9.64 Å². The third-order valence-electron chi connectivity index (χ3n) is 8.71. The van der Waals surface area contributed by atoms with Gasteiger partial charge >= 0.3 is 18.7 Å². The number of rotatable bonds is 3. The lowest BCUT2D eigenvalue weighted by Gasteiger charge is -2.42. The van der Waals surface area contributed by atoms with Crippen molar-refractivity contribution in [2.45, 2.75) is 37.5 Å². The van der Waals surface area contributed by atoms with E-state index in [2.05, 4.69) is 20.7 Å². The first-order valence-electron chi connectivity index (χ1n) is 13.8. The Morgan fingerprint density at radius 1 is 0.833 bits per heavy atom.